The molecule has 0 atom stereocenters. The molecule has 0 aliphatic carbocycles. The molecule has 0 radical (unpaired) electrons. The van der Waals surface area contributed by atoms with E-state index in [1.807, 2.05) is 13.8 Å². The molecule has 1 aromatic heterocycles. The van der Waals surface area contributed by atoms with Crippen LogP contribution in [0.1, 0.15) is 21.5 Å². The second-order valence-electron chi connectivity index (χ2n) is 4.51. The summed E-state index contributed by atoms with van der Waals surface area (Å²) in [7, 11) is -2.79. The van der Waals surface area contributed by atoms with Crippen molar-refractivity contribution >= 4 is 21.7 Å². The van der Waals surface area contributed by atoms with E-state index in [9.17, 15) is 13.2 Å². The molecule has 0 saturated heterocycles. The molecule has 21 heavy (non-hydrogen) atoms. The summed E-state index contributed by atoms with van der Waals surface area (Å²) in [5.41, 5.74) is 2.26. The minimum atomic E-state index is -3.95. The van der Waals surface area contributed by atoms with Gasteiger partial charge in [-0.25, -0.2) is 4.79 Å². The second-order valence-corrected chi connectivity index (χ2v) is 6.13. The number of anilines is 1. The number of nitrogens with zero attached hydrogens (tertiary/aromatic N) is 1. The Kier molecular flexibility index (Phi) is 3.99. The monoisotopic (exact) mass is 309 g/mol. The van der Waals surface area contributed by atoms with E-state index in [1.165, 1.54) is 7.11 Å². The first-order valence-electron chi connectivity index (χ1n) is 6.07. The lowest BCUT2D eigenvalue weighted by molar-refractivity contribution is 0.0596. The number of aromatic amines is 1. The number of methoxy groups -OCH3 is 1. The van der Waals surface area contributed by atoms with Gasteiger partial charge in [0.25, 0.3) is 10.0 Å². The predicted molar refractivity (Wildman–Crippen MR) is 76.7 cm³/mol. The van der Waals surface area contributed by atoms with E-state index >= 15 is 0 Å². The maximum absolute atomic E-state index is 12.3. The van der Waals surface area contributed by atoms with Crippen molar-refractivity contribution in [3.8, 4) is 0 Å². The van der Waals surface area contributed by atoms with Crippen LogP contribution in [-0.4, -0.2) is 31.7 Å². The van der Waals surface area contributed by atoms with Gasteiger partial charge in [0, 0.05) is 5.69 Å². The normalized spacial score (nSPS) is 11.2. The van der Waals surface area contributed by atoms with Crippen molar-refractivity contribution < 1.29 is 17.9 Å². The molecule has 0 aliphatic rings. The summed E-state index contributed by atoms with van der Waals surface area (Å²) in [4.78, 5) is 11.5. The number of hydrogen-bond acceptors (Lipinski definition) is 5. The van der Waals surface area contributed by atoms with E-state index in [0.29, 0.717) is 5.69 Å². The molecule has 0 fully saturated rings. The Morgan fingerprint density at radius 3 is 2.62 bits per heavy atom. The Morgan fingerprint density at radius 1 is 1.29 bits per heavy atom. The number of carbonyl (C=O) groups excluding carboxylic acids is 1. The van der Waals surface area contributed by atoms with Crippen molar-refractivity contribution in [3.05, 3.63) is 41.1 Å². The minimum absolute atomic E-state index is 0.145. The van der Waals surface area contributed by atoms with Crippen LogP contribution in [0.4, 0.5) is 5.69 Å². The van der Waals surface area contributed by atoms with Gasteiger partial charge in [0.15, 0.2) is 5.03 Å². The maximum Gasteiger partial charge on any atom is 0.342 e. The predicted octanol–water partition coefficient (Wildman–Crippen LogP) is 1.61. The molecule has 2 aromatic rings. The zero-order chi connectivity index (χ0) is 15.6. The number of aromatic nitrogens is 2. The highest BCUT2D eigenvalue weighted by Gasteiger charge is 2.25. The third kappa shape index (κ3) is 3.05. The SMILES string of the molecule is COC(=O)c1cn[nH]c1S(=O)(=O)Nc1ccc(C)c(C)c1. The Labute approximate surface area is 122 Å². The molecule has 7 nitrogen and oxygen atoms in total. The summed E-state index contributed by atoms with van der Waals surface area (Å²) in [6.07, 6.45) is 1.11. The molecule has 0 bridgehead atoms. The van der Waals surface area contributed by atoms with Gasteiger partial charge in [-0.3, -0.25) is 9.82 Å². The summed E-state index contributed by atoms with van der Waals surface area (Å²) < 4.78 is 31.5. The van der Waals surface area contributed by atoms with E-state index in [4.69, 9.17) is 0 Å². The van der Waals surface area contributed by atoms with Gasteiger partial charge in [-0.05, 0) is 37.1 Å². The van der Waals surface area contributed by atoms with Crippen molar-refractivity contribution in [2.24, 2.45) is 0 Å². The van der Waals surface area contributed by atoms with Crippen molar-refractivity contribution in [3.63, 3.8) is 0 Å². The Morgan fingerprint density at radius 2 is 2.00 bits per heavy atom. The quantitative estimate of drug-likeness (QED) is 0.836. The summed E-state index contributed by atoms with van der Waals surface area (Å²) in [6, 6.07) is 5.16. The second kappa shape index (κ2) is 5.57. The van der Waals surface area contributed by atoms with E-state index in [1.54, 1.807) is 18.2 Å². The van der Waals surface area contributed by atoms with Crippen molar-refractivity contribution in [1.29, 1.82) is 0 Å². The van der Waals surface area contributed by atoms with Gasteiger partial charge >= 0.3 is 5.97 Å². The molecule has 1 aromatic carbocycles. The lowest BCUT2D eigenvalue weighted by Gasteiger charge is -2.09. The van der Waals surface area contributed by atoms with Crippen LogP contribution < -0.4 is 4.72 Å². The standard InChI is InChI=1S/C13H15N3O4S/c1-8-4-5-10(6-9(8)2)16-21(18,19)12-11(7-14-15-12)13(17)20-3/h4-7,16H,1-3H3,(H,14,15). The van der Waals surface area contributed by atoms with Crippen LogP contribution in [0.2, 0.25) is 0 Å². The van der Waals surface area contributed by atoms with E-state index in [2.05, 4.69) is 19.7 Å². The number of rotatable bonds is 4. The van der Waals surface area contributed by atoms with Crippen molar-refractivity contribution in [2.75, 3.05) is 11.8 Å². The van der Waals surface area contributed by atoms with Gasteiger partial charge in [-0.15, -0.1) is 0 Å². The summed E-state index contributed by atoms with van der Waals surface area (Å²) in [5, 5.41) is 5.57. The van der Waals surface area contributed by atoms with Crippen LogP contribution in [0, 0.1) is 13.8 Å². The molecule has 2 N–H and O–H groups in total. The molecule has 0 spiro atoms. The molecule has 0 aliphatic heterocycles. The smallest absolute Gasteiger partial charge is 0.342 e. The molecular formula is C13H15N3O4S. The third-order valence-electron chi connectivity index (χ3n) is 3.04. The van der Waals surface area contributed by atoms with E-state index in [-0.39, 0.29) is 10.6 Å². The zero-order valence-electron chi connectivity index (χ0n) is 11.8. The fraction of sp³-hybridized carbons (Fsp3) is 0.231. The lowest BCUT2D eigenvalue weighted by atomic mass is 10.1. The Hall–Kier alpha value is -2.35. The fourth-order valence-electron chi connectivity index (χ4n) is 1.75. The molecule has 2 rings (SSSR count). The van der Waals surface area contributed by atoms with Crippen LogP contribution in [-0.2, 0) is 14.8 Å². The topological polar surface area (TPSA) is 101 Å². The molecule has 0 saturated carbocycles. The van der Waals surface area contributed by atoms with Gasteiger partial charge in [-0.2, -0.15) is 13.5 Å². The minimum Gasteiger partial charge on any atom is -0.465 e. The van der Waals surface area contributed by atoms with Gasteiger partial charge in [0.1, 0.15) is 5.56 Å². The molecular weight excluding hydrogens is 294 g/mol. The number of carbonyl (C=O) groups is 1. The van der Waals surface area contributed by atoms with Crippen molar-refractivity contribution in [1.82, 2.24) is 10.2 Å². The van der Waals surface area contributed by atoms with E-state index < -0.39 is 16.0 Å². The molecule has 8 heteroatoms. The van der Waals surface area contributed by atoms with Gasteiger partial charge in [0.05, 0.1) is 13.3 Å². The number of benzene rings is 1. The van der Waals surface area contributed by atoms with Crippen LogP contribution in [0.25, 0.3) is 0 Å². The van der Waals surface area contributed by atoms with Gasteiger partial charge in [-0.1, -0.05) is 6.07 Å². The van der Waals surface area contributed by atoms with Crippen LogP contribution in [0.3, 0.4) is 0 Å². The van der Waals surface area contributed by atoms with Gasteiger partial charge in [0.2, 0.25) is 0 Å². The zero-order valence-corrected chi connectivity index (χ0v) is 12.6. The van der Waals surface area contributed by atoms with Crippen LogP contribution >= 0.6 is 0 Å². The highest BCUT2D eigenvalue weighted by molar-refractivity contribution is 7.92. The first-order valence-corrected chi connectivity index (χ1v) is 7.55. The molecule has 0 unspecified atom stereocenters. The number of nitrogens with one attached hydrogen (secondary N) is 2. The van der Waals surface area contributed by atoms with Crippen LogP contribution in [0.15, 0.2) is 29.4 Å². The average Bonchev–Trinajstić information content (AvgIpc) is 2.92. The Bertz CT molecular complexity index is 780. The van der Waals surface area contributed by atoms with Gasteiger partial charge < -0.3 is 4.74 Å². The molecule has 112 valence electrons. The first-order chi connectivity index (χ1) is 9.85. The van der Waals surface area contributed by atoms with Crippen molar-refractivity contribution in [2.45, 2.75) is 18.9 Å². The summed E-state index contributed by atoms with van der Waals surface area (Å²) in [6.45, 7) is 3.81. The van der Waals surface area contributed by atoms with Crippen LogP contribution in [0.5, 0.6) is 0 Å². The number of aryl methyl sites for hydroxylation is 2. The highest BCUT2D eigenvalue weighted by Crippen LogP contribution is 2.20. The number of H-pyrrole nitrogens is 1. The maximum atomic E-state index is 12.3. The average molecular weight is 309 g/mol. The lowest BCUT2D eigenvalue weighted by Crippen LogP contribution is -2.17. The summed E-state index contributed by atoms with van der Waals surface area (Å²) >= 11 is 0. The third-order valence-corrected chi connectivity index (χ3v) is 4.39. The van der Waals surface area contributed by atoms with E-state index in [0.717, 1.165) is 17.3 Å². The Balaban J connectivity index is 2.37. The number of esters is 1. The molecule has 0 amide bonds. The first kappa shape index (κ1) is 15.0. The molecule has 1 heterocycles. The largest absolute Gasteiger partial charge is 0.465 e. The fourth-order valence-corrected chi connectivity index (χ4v) is 2.88. The summed E-state index contributed by atoms with van der Waals surface area (Å²) in [5.74, 6) is -0.774. The number of ether oxygens (including phenoxy) is 1. The highest BCUT2D eigenvalue weighted by atomic mass is 32.2. The number of sulfonamides is 1. The number of hydrogen-bond donors (Lipinski definition) is 2.